The number of nitrogens with zero attached hydrogens (tertiary/aromatic N) is 3. The molecule has 2 N–H and O–H groups in total. The maximum atomic E-state index is 6.06. The van der Waals surface area contributed by atoms with Gasteiger partial charge >= 0.3 is 0 Å². The molecule has 0 spiro atoms. The van der Waals surface area contributed by atoms with Gasteiger partial charge in [0, 0.05) is 17.2 Å². The maximum absolute atomic E-state index is 6.06. The van der Waals surface area contributed by atoms with Crippen molar-refractivity contribution in [2.45, 2.75) is 53.0 Å². The van der Waals surface area contributed by atoms with Gasteiger partial charge in [-0.2, -0.15) is 0 Å². The number of rotatable bonds is 6. The molecule has 2 rings (SSSR count). The molecule has 0 aromatic carbocycles. The normalized spacial score (nSPS) is 12.2. The average Bonchev–Trinajstić information content (AvgIpc) is 2.65. The zero-order valence-corrected chi connectivity index (χ0v) is 14.1. The molecule has 0 aliphatic heterocycles. The van der Waals surface area contributed by atoms with Crippen LogP contribution in [-0.4, -0.2) is 14.5 Å². The second-order valence-electron chi connectivity index (χ2n) is 6.17. The number of pyridine rings is 1. The number of imidazole rings is 1. The van der Waals surface area contributed by atoms with Gasteiger partial charge < -0.3 is 5.73 Å². The van der Waals surface area contributed by atoms with Crippen molar-refractivity contribution in [2.24, 2.45) is 5.41 Å². The van der Waals surface area contributed by atoms with Crippen molar-refractivity contribution in [2.75, 3.05) is 5.73 Å². The highest BCUT2D eigenvalue weighted by Crippen LogP contribution is 2.29. The van der Waals surface area contributed by atoms with Crippen LogP contribution in [0.25, 0.3) is 11.2 Å². The lowest BCUT2D eigenvalue weighted by atomic mass is 9.87. The van der Waals surface area contributed by atoms with Crippen LogP contribution in [0, 0.1) is 5.41 Å². The van der Waals surface area contributed by atoms with Crippen molar-refractivity contribution in [3.05, 3.63) is 16.7 Å². The zero-order chi connectivity index (χ0) is 14.8. The largest absolute Gasteiger partial charge is 0.369 e. The number of nitrogens with two attached hydrogens (primary N) is 1. The quantitative estimate of drug-likeness (QED) is 0.795. The molecule has 110 valence electrons. The van der Waals surface area contributed by atoms with Gasteiger partial charge in [-0.3, -0.25) is 4.57 Å². The molecule has 0 atom stereocenters. The fourth-order valence-electron chi connectivity index (χ4n) is 2.52. The molecule has 0 aliphatic rings. The van der Waals surface area contributed by atoms with E-state index in [1.165, 1.54) is 25.7 Å². The summed E-state index contributed by atoms with van der Waals surface area (Å²) >= 11 is 3.42. The predicted octanol–water partition coefficient (Wildman–Crippen LogP) is 4.38. The third-order valence-electron chi connectivity index (χ3n) is 3.62. The molecular formula is C15H23BrN4. The summed E-state index contributed by atoms with van der Waals surface area (Å²) in [6.45, 7) is 7.66. The van der Waals surface area contributed by atoms with Crippen molar-refractivity contribution in [3.8, 4) is 0 Å². The fraction of sp³-hybridized carbons (Fsp3) is 0.600. The number of fused-ring (bicyclic) bond motifs is 1. The van der Waals surface area contributed by atoms with E-state index in [1.54, 1.807) is 6.20 Å². The van der Waals surface area contributed by atoms with E-state index in [0.717, 1.165) is 22.2 Å². The minimum atomic E-state index is 0.200. The van der Waals surface area contributed by atoms with Gasteiger partial charge in [0.05, 0.1) is 0 Å². The Kier molecular flexibility index (Phi) is 4.68. The first-order valence-electron chi connectivity index (χ1n) is 7.20. The molecule has 0 bridgehead atoms. The van der Waals surface area contributed by atoms with Crippen LogP contribution in [0.4, 0.5) is 5.95 Å². The smallest absolute Gasteiger partial charge is 0.202 e. The maximum Gasteiger partial charge on any atom is 0.202 e. The van der Waals surface area contributed by atoms with E-state index in [2.05, 4.69) is 46.7 Å². The molecule has 2 aromatic rings. The summed E-state index contributed by atoms with van der Waals surface area (Å²) in [6, 6.07) is 1.96. The Labute approximate surface area is 128 Å². The first-order chi connectivity index (χ1) is 9.43. The molecule has 0 unspecified atom stereocenters. The highest BCUT2D eigenvalue weighted by atomic mass is 79.9. The van der Waals surface area contributed by atoms with Crippen molar-refractivity contribution in [1.29, 1.82) is 0 Å². The second kappa shape index (κ2) is 6.12. The van der Waals surface area contributed by atoms with E-state index >= 15 is 0 Å². The molecule has 0 fully saturated rings. The van der Waals surface area contributed by atoms with Crippen LogP contribution in [0.5, 0.6) is 0 Å². The van der Waals surface area contributed by atoms with Crippen molar-refractivity contribution in [1.82, 2.24) is 14.5 Å². The minimum absolute atomic E-state index is 0.200. The summed E-state index contributed by atoms with van der Waals surface area (Å²) in [4.78, 5) is 8.86. The summed E-state index contributed by atoms with van der Waals surface area (Å²) in [5.41, 5.74) is 7.98. The molecule has 20 heavy (non-hydrogen) atoms. The second-order valence-corrected chi connectivity index (χ2v) is 7.09. The third-order valence-corrected chi connectivity index (χ3v) is 4.06. The highest BCUT2D eigenvalue weighted by Gasteiger charge is 2.21. The van der Waals surface area contributed by atoms with Gasteiger partial charge in [-0.1, -0.05) is 40.0 Å². The fourth-order valence-corrected chi connectivity index (χ4v) is 2.84. The average molecular weight is 339 g/mol. The van der Waals surface area contributed by atoms with Gasteiger partial charge in [0.2, 0.25) is 5.95 Å². The summed E-state index contributed by atoms with van der Waals surface area (Å²) in [6.07, 6.45) is 6.78. The summed E-state index contributed by atoms with van der Waals surface area (Å²) in [5, 5.41) is 0. The first kappa shape index (κ1) is 15.3. The monoisotopic (exact) mass is 338 g/mol. The Hall–Kier alpha value is -1.10. The molecule has 4 nitrogen and oxygen atoms in total. The van der Waals surface area contributed by atoms with Crippen LogP contribution in [-0.2, 0) is 6.54 Å². The standard InChI is InChI=1S/C15H23BrN4/c1-4-5-6-7-15(2,3)10-20-13-12(19-14(20)17)8-11(16)9-18-13/h8-9H,4-7,10H2,1-3H3,(H2,17,19). The molecule has 0 saturated heterocycles. The number of hydrogen-bond acceptors (Lipinski definition) is 3. The van der Waals surface area contributed by atoms with Gasteiger partial charge in [0.15, 0.2) is 5.65 Å². The van der Waals surface area contributed by atoms with Gasteiger partial charge in [-0.05, 0) is 33.8 Å². The number of aromatic nitrogens is 3. The van der Waals surface area contributed by atoms with Crippen LogP contribution in [0.1, 0.15) is 46.5 Å². The van der Waals surface area contributed by atoms with Gasteiger partial charge in [-0.15, -0.1) is 0 Å². The topological polar surface area (TPSA) is 56.7 Å². The lowest BCUT2D eigenvalue weighted by Crippen LogP contribution is -2.21. The Morgan fingerprint density at radius 3 is 2.80 bits per heavy atom. The van der Waals surface area contributed by atoms with Gasteiger partial charge in [-0.25, -0.2) is 9.97 Å². The minimum Gasteiger partial charge on any atom is -0.369 e. The Morgan fingerprint density at radius 2 is 2.10 bits per heavy atom. The number of halogens is 1. The van der Waals surface area contributed by atoms with Crippen molar-refractivity contribution < 1.29 is 0 Å². The van der Waals surface area contributed by atoms with E-state index < -0.39 is 0 Å². The van der Waals surface area contributed by atoms with E-state index in [9.17, 15) is 0 Å². The molecule has 5 heteroatoms. The van der Waals surface area contributed by atoms with E-state index in [-0.39, 0.29) is 5.41 Å². The zero-order valence-electron chi connectivity index (χ0n) is 12.5. The molecule has 2 heterocycles. The number of anilines is 1. The van der Waals surface area contributed by atoms with Gasteiger partial charge in [0.1, 0.15) is 5.52 Å². The Bertz CT molecular complexity index is 589. The summed E-state index contributed by atoms with van der Waals surface area (Å²) in [7, 11) is 0. The molecular weight excluding hydrogens is 316 g/mol. The third kappa shape index (κ3) is 3.51. The van der Waals surface area contributed by atoms with E-state index in [0.29, 0.717) is 5.95 Å². The molecule has 0 aliphatic carbocycles. The van der Waals surface area contributed by atoms with Crippen LogP contribution in [0.15, 0.2) is 16.7 Å². The van der Waals surface area contributed by atoms with Crippen LogP contribution in [0.3, 0.4) is 0 Å². The lowest BCUT2D eigenvalue weighted by molar-refractivity contribution is 0.276. The van der Waals surface area contributed by atoms with Crippen molar-refractivity contribution >= 4 is 33.0 Å². The predicted molar refractivity (Wildman–Crippen MR) is 87.6 cm³/mol. The Morgan fingerprint density at radius 1 is 1.35 bits per heavy atom. The molecule has 2 aromatic heterocycles. The molecule has 0 saturated carbocycles. The highest BCUT2D eigenvalue weighted by molar-refractivity contribution is 9.10. The van der Waals surface area contributed by atoms with E-state index in [4.69, 9.17) is 5.73 Å². The molecule has 0 radical (unpaired) electrons. The first-order valence-corrected chi connectivity index (χ1v) is 7.99. The van der Waals surface area contributed by atoms with Crippen molar-refractivity contribution in [3.63, 3.8) is 0 Å². The van der Waals surface area contributed by atoms with Crippen LogP contribution in [0.2, 0.25) is 0 Å². The van der Waals surface area contributed by atoms with E-state index in [1.807, 2.05) is 10.6 Å². The molecule has 0 amide bonds. The number of nitrogen functional groups attached to an aromatic ring is 1. The van der Waals surface area contributed by atoms with Crippen LogP contribution >= 0.6 is 15.9 Å². The SMILES string of the molecule is CCCCCC(C)(C)Cn1c(N)nc2cc(Br)cnc21. The number of hydrogen-bond donors (Lipinski definition) is 1. The van der Waals surface area contributed by atoms with Crippen LogP contribution < -0.4 is 5.73 Å². The lowest BCUT2D eigenvalue weighted by Gasteiger charge is -2.25. The number of unbranched alkanes of at least 4 members (excludes halogenated alkanes) is 2. The van der Waals surface area contributed by atoms with Gasteiger partial charge in [0.25, 0.3) is 0 Å². The Balaban J connectivity index is 2.22. The summed E-state index contributed by atoms with van der Waals surface area (Å²) in [5.74, 6) is 0.550. The summed E-state index contributed by atoms with van der Waals surface area (Å²) < 4.78 is 2.96.